The number of hydrogen-bond donors (Lipinski definition) is 1. The van der Waals surface area contributed by atoms with E-state index in [1.165, 1.54) is 11.3 Å². The topological polar surface area (TPSA) is 58.9 Å². The smallest absolute Gasteiger partial charge is 0.0964 e. The Bertz CT molecular complexity index is 844. The van der Waals surface area contributed by atoms with Gasteiger partial charge in [-0.25, -0.2) is 4.68 Å². The average molecular weight is 348 g/mol. The van der Waals surface area contributed by atoms with E-state index in [1.807, 2.05) is 29.2 Å². The largest absolute Gasteiger partial charge is 0.374 e. The van der Waals surface area contributed by atoms with Gasteiger partial charge in [0.15, 0.2) is 0 Å². The third-order valence-corrected chi connectivity index (χ3v) is 4.84. The van der Waals surface area contributed by atoms with E-state index in [0.717, 1.165) is 37.3 Å². The molecular weight excluding hydrogens is 324 g/mol. The monoisotopic (exact) mass is 348 g/mol. The summed E-state index contributed by atoms with van der Waals surface area (Å²) in [6, 6.07) is 12.7. The fourth-order valence-electron chi connectivity index (χ4n) is 3.63. The van der Waals surface area contributed by atoms with Crippen LogP contribution in [0.3, 0.4) is 0 Å². The third-order valence-electron chi connectivity index (χ3n) is 4.84. The summed E-state index contributed by atoms with van der Waals surface area (Å²) in [6.45, 7) is 3.51. The molecular formula is C20H24N6. The van der Waals surface area contributed by atoms with E-state index in [2.05, 4.69) is 56.8 Å². The van der Waals surface area contributed by atoms with E-state index < -0.39 is 0 Å². The number of anilines is 1. The van der Waals surface area contributed by atoms with E-state index in [1.54, 1.807) is 6.20 Å². The van der Waals surface area contributed by atoms with Gasteiger partial charge < -0.3 is 10.2 Å². The minimum atomic E-state index is 0.611. The van der Waals surface area contributed by atoms with Crippen molar-refractivity contribution in [2.45, 2.75) is 19.5 Å². The van der Waals surface area contributed by atoms with Crippen LogP contribution >= 0.6 is 0 Å². The van der Waals surface area contributed by atoms with Crippen LogP contribution in [0.1, 0.15) is 16.8 Å². The lowest BCUT2D eigenvalue weighted by Crippen LogP contribution is -2.37. The van der Waals surface area contributed by atoms with Gasteiger partial charge in [0.25, 0.3) is 0 Å². The van der Waals surface area contributed by atoms with Crippen molar-refractivity contribution in [2.75, 3.05) is 25.0 Å². The van der Waals surface area contributed by atoms with Crippen molar-refractivity contribution in [1.82, 2.24) is 25.3 Å². The number of fused-ring (bicyclic) bond motifs is 1. The number of hydrogen-bond acceptors (Lipinski definition) is 5. The number of nitrogens with zero attached hydrogens (tertiary/aromatic N) is 5. The molecule has 6 heteroatoms. The SMILES string of the molecule is CN1CC(CNCc2cn(Cc3cccnc3)nn2)Cc2ccccc21. The number of aromatic nitrogens is 4. The molecule has 1 N–H and O–H groups in total. The Morgan fingerprint density at radius 3 is 3.00 bits per heavy atom. The van der Waals surface area contributed by atoms with E-state index in [-0.39, 0.29) is 0 Å². The quantitative estimate of drug-likeness (QED) is 0.739. The van der Waals surface area contributed by atoms with E-state index >= 15 is 0 Å². The Morgan fingerprint density at radius 1 is 1.19 bits per heavy atom. The van der Waals surface area contributed by atoms with Crippen LogP contribution < -0.4 is 10.2 Å². The highest BCUT2D eigenvalue weighted by molar-refractivity contribution is 5.55. The summed E-state index contributed by atoms with van der Waals surface area (Å²) in [6.07, 6.45) is 6.77. The molecule has 0 saturated carbocycles. The highest BCUT2D eigenvalue weighted by Gasteiger charge is 2.21. The maximum atomic E-state index is 4.27. The van der Waals surface area contributed by atoms with Crippen LogP contribution in [0.5, 0.6) is 0 Å². The van der Waals surface area contributed by atoms with Gasteiger partial charge in [0.1, 0.15) is 0 Å². The predicted molar refractivity (Wildman–Crippen MR) is 102 cm³/mol. The lowest BCUT2D eigenvalue weighted by molar-refractivity contribution is 0.458. The van der Waals surface area contributed by atoms with Gasteiger partial charge >= 0.3 is 0 Å². The standard InChI is InChI=1S/C20H24N6/c1-25-13-17(9-18-6-2-3-7-20(18)25)11-22-12-19-15-26(24-23-19)14-16-5-4-8-21-10-16/h2-8,10,15,17,22H,9,11-14H2,1H3. The summed E-state index contributed by atoms with van der Waals surface area (Å²) in [5, 5.41) is 12.0. The van der Waals surface area contributed by atoms with Crippen LogP contribution in [-0.2, 0) is 19.5 Å². The molecule has 2 aromatic heterocycles. The molecule has 4 rings (SSSR count). The zero-order valence-corrected chi connectivity index (χ0v) is 15.0. The summed E-state index contributed by atoms with van der Waals surface area (Å²) in [5.41, 5.74) is 4.90. The molecule has 0 bridgehead atoms. The van der Waals surface area contributed by atoms with Crippen molar-refractivity contribution >= 4 is 5.69 Å². The van der Waals surface area contributed by atoms with Gasteiger partial charge in [-0.2, -0.15) is 0 Å². The zero-order chi connectivity index (χ0) is 17.8. The van der Waals surface area contributed by atoms with Crippen LogP contribution in [0.2, 0.25) is 0 Å². The molecule has 0 spiro atoms. The van der Waals surface area contributed by atoms with E-state index in [4.69, 9.17) is 0 Å². The highest BCUT2D eigenvalue weighted by atomic mass is 15.4. The third kappa shape index (κ3) is 3.91. The first-order valence-corrected chi connectivity index (χ1v) is 9.05. The Labute approximate surface area is 153 Å². The second-order valence-corrected chi connectivity index (χ2v) is 6.98. The molecule has 26 heavy (non-hydrogen) atoms. The first-order chi connectivity index (χ1) is 12.8. The summed E-state index contributed by atoms with van der Waals surface area (Å²) >= 11 is 0. The number of pyridine rings is 1. The molecule has 0 aliphatic carbocycles. The predicted octanol–water partition coefficient (Wildman–Crippen LogP) is 2.12. The van der Waals surface area contributed by atoms with Crippen molar-refractivity contribution in [3.05, 3.63) is 71.8 Å². The highest BCUT2D eigenvalue weighted by Crippen LogP contribution is 2.27. The average Bonchev–Trinajstić information content (AvgIpc) is 3.10. The lowest BCUT2D eigenvalue weighted by atomic mass is 9.93. The molecule has 1 aromatic carbocycles. The van der Waals surface area contributed by atoms with Crippen LogP contribution in [0.4, 0.5) is 5.69 Å². The maximum Gasteiger partial charge on any atom is 0.0964 e. The summed E-state index contributed by atoms with van der Waals surface area (Å²) < 4.78 is 1.86. The summed E-state index contributed by atoms with van der Waals surface area (Å²) in [5.74, 6) is 0.611. The summed E-state index contributed by atoms with van der Waals surface area (Å²) in [4.78, 5) is 6.49. The van der Waals surface area contributed by atoms with Gasteiger partial charge in [0.05, 0.1) is 18.4 Å². The molecule has 0 radical (unpaired) electrons. The van der Waals surface area contributed by atoms with Gasteiger partial charge in [0.2, 0.25) is 0 Å². The molecule has 1 unspecified atom stereocenters. The molecule has 1 aliphatic rings. The van der Waals surface area contributed by atoms with Gasteiger partial charge in [0, 0.05) is 44.8 Å². The molecule has 3 aromatic rings. The molecule has 1 aliphatic heterocycles. The molecule has 3 heterocycles. The van der Waals surface area contributed by atoms with Crippen LogP contribution in [0.25, 0.3) is 0 Å². The van der Waals surface area contributed by atoms with Gasteiger partial charge in [-0.1, -0.05) is 29.5 Å². The fraction of sp³-hybridized carbons (Fsp3) is 0.350. The second kappa shape index (κ2) is 7.66. The Balaban J connectivity index is 1.28. The first-order valence-electron chi connectivity index (χ1n) is 9.05. The van der Waals surface area contributed by atoms with Gasteiger partial charge in [-0.05, 0) is 35.6 Å². The lowest BCUT2D eigenvalue weighted by Gasteiger charge is -2.33. The van der Waals surface area contributed by atoms with Crippen molar-refractivity contribution in [3.8, 4) is 0 Å². The van der Waals surface area contributed by atoms with Crippen LogP contribution in [-0.4, -0.2) is 40.1 Å². The minimum absolute atomic E-state index is 0.611. The molecule has 1 atom stereocenters. The zero-order valence-electron chi connectivity index (χ0n) is 15.0. The van der Waals surface area contributed by atoms with E-state index in [0.29, 0.717) is 12.5 Å². The fourth-order valence-corrected chi connectivity index (χ4v) is 3.63. The molecule has 0 saturated heterocycles. The van der Waals surface area contributed by atoms with E-state index in [9.17, 15) is 0 Å². The van der Waals surface area contributed by atoms with Crippen molar-refractivity contribution < 1.29 is 0 Å². The Hall–Kier alpha value is -2.73. The van der Waals surface area contributed by atoms with Crippen LogP contribution in [0.15, 0.2) is 55.0 Å². The summed E-state index contributed by atoms with van der Waals surface area (Å²) in [7, 11) is 2.18. The number of benzene rings is 1. The van der Waals surface area contributed by atoms with Gasteiger partial charge in [-0.15, -0.1) is 5.10 Å². The Kier molecular flexibility index (Phi) is 4.93. The number of para-hydroxylation sites is 1. The van der Waals surface area contributed by atoms with Crippen LogP contribution in [0, 0.1) is 5.92 Å². The number of rotatable bonds is 6. The number of nitrogens with one attached hydrogen (secondary N) is 1. The molecule has 0 amide bonds. The minimum Gasteiger partial charge on any atom is -0.374 e. The van der Waals surface area contributed by atoms with Crippen molar-refractivity contribution in [2.24, 2.45) is 5.92 Å². The molecule has 6 nitrogen and oxygen atoms in total. The van der Waals surface area contributed by atoms with Crippen molar-refractivity contribution in [3.63, 3.8) is 0 Å². The normalized spacial score (nSPS) is 16.5. The first kappa shape index (κ1) is 16.7. The molecule has 0 fully saturated rings. The Morgan fingerprint density at radius 2 is 2.12 bits per heavy atom. The van der Waals surface area contributed by atoms with Gasteiger partial charge in [-0.3, -0.25) is 4.98 Å². The maximum absolute atomic E-state index is 4.27. The second-order valence-electron chi connectivity index (χ2n) is 6.98. The van der Waals surface area contributed by atoms with Crippen molar-refractivity contribution in [1.29, 1.82) is 0 Å². The molecule has 134 valence electrons.